The van der Waals surface area contributed by atoms with Crippen molar-refractivity contribution < 1.29 is 14.3 Å². The number of carbonyl (C=O) groups excluding carboxylic acids is 2. The van der Waals surface area contributed by atoms with Gasteiger partial charge in [-0.05, 0) is 59.4 Å². The van der Waals surface area contributed by atoms with Gasteiger partial charge in [-0.25, -0.2) is 0 Å². The lowest BCUT2D eigenvalue weighted by Crippen LogP contribution is -2.40. The van der Waals surface area contributed by atoms with E-state index >= 15 is 0 Å². The summed E-state index contributed by atoms with van der Waals surface area (Å²) in [6, 6.07) is 7.99. The number of hydrogen-bond donors (Lipinski definition) is 0. The van der Waals surface area contributed by atoms with Gasteiger partial charge in [0.25, 0.3) is 0 Å². The van der Waals surface area contributed by atoms with Crippen molar-refractivity contribution in [2.24, 2.45) is 16.3 Å². The molecule has 1 aromatic rings. The predicted octanol–water partition coefficient (Wildman–Crippen LogP) is 5.06. The molecule has 0 fully saturated rings. The predicted molar refractivity (Wildman–Crippen MR) is 115 cm³/mol. The lowest BCUT2D eigenvalue weighted by atomic mass is 9.66. The fourth-order valence-corrected chi connectivity index (χ4v) is 4.94. The Labute approximate surface area is 174 Å². The SMILES string of the molecule is CCOC(=O)C1C(CC)=NC2=C(C(=O)CC(C)(C)C2)[C@H]1c1ccccc1I. The molecule has 0 amide bonds. The molecule has 2 aliphatic rings. The van der Waals surface area contributed by atoms with Crippen LogP contribution >= 0.6 is 22.6 Å². The van der Waals surface area contributed by atoms with Crippen molar-refractivity contribution in [3.05, 3.63) is 44.7 Å². The Morgan fingerprint density at radius 3 is 2.59 bits per heavy atom. The van der Waals surface area contributed by atoms with Gasteiger partial charge >= 0.3 is 5.97 Å². The minimum atomic E-state index is -0.533. The third-order valence-electron chi connectivity index (χ3n) is 5.32. The molecule has 0 saturated heterocycles. The van der Waals surface area contributed by atoms with Crippen molar-refractivity contribution >= 4 is 40.1 Å². The average molecular weight is 479 g/mol. The Bertz CT molecular complexity index is 838. The molecule has 2 atom stereocenters. The molecule has 144 valence electrons. The summed E-state index contributed by atoms with van der Waals surface area (Å²) in [5.41, 5.74) is 3.30. The Balaban J connectivity index is 2.23. The first-order chi connectivity index (χ1) is 12.8. The molecular formula is C22H26INO3. The van der Waals surface area contributed by atoms with E-state index in [1.165, 1.54) is 0 Å². The Hall–Kier alpha value is -1.50. The fraction of sp³-hybridized carbons (Fsp3) is 0.500. The summed E-state index contributed by atoms with van der Waals surface area (Å²) in [7, 11) is 0. The number of nitrogens with zero attached hydrogens (tertiary/aromatic N) is 1. The van der Waals surface area contributed by atoms with Crippen LogP contribution in [0.2, 0.25) is 0 Å². The van der Waals surface area contributed by atoms with Crippen LogP contribution in [0, 0.1) is 14.9 Å². The summed E-state index contributed by atoms with van der Waals surface area (Å²) in [6.45, 7) is 8.35. The summed E-state index contributed by atoms with van der Waals surface area (Å²) < 4.78 is 6.46. The average Bonchev–Trinajstić information content (AvgIpc) is 2.59. The summed E-state index contributed by atoms with van der Waals surface area (Å²) in [6.07, 6.45) is 1.90. The van der Waals surface area contributed by atoms with E-state index in [0.29, 0.717) is 25.0 Å². The molecule has 27 heavy (non-hydrogen) atoms. The number of rotatable bonds is 4. The van der Waals surface area contributed by atoms with Gasteiger partial charge in [0, 0.05) is 32.9 Å². The van der Waals surface area contributed by atoms with Crippen LogP contribution in [0.15, 0.2) is 40.5 Å². The Kier molecular flexibility index (Phi) is 5.89. The second-order valence-corrected chi connectivity index (χ2v) is 9.15. The van der Waals surface area contributed by atoms with Gasteiger partial charge in [0.1, 0.15) is 5.92 Å². The summed E-state index contributed by atoms with van der Waals surface area (Å²) in [4.78, 5) is 30.9. The molecule has 0 spiro atoms. The van der Waals surface area contributed by atoms with E-state index in [9.17, 15) is 9.59 Å². The standard InChI is InChI=1S/C22H26INO3/c1-5-15-20(21(26)27-6-2)18(13-9-7-8-10-14(13)23)19-16(24-15)11-22(3,4)12-17(19)25/h7-10,18,20H,5-6,11-12H2,1-4H3/t18-,20?/m1/s1. The van der Waals surface area contributed by atoms with Crippen LogP contribution in [-0.2, 0) is 14.3 Å². The van der Waals surface area contributed by atoms with Crippen molar-refractivity contribution in [3.63, 3.8) is 0 Å². The summed E-state index contributed by atoms with van der Waals surface area (Å²) in [5, 5.41) is 0. The van der Waals surface area contributed by atoms with Crippen LogP contribution in [0.1, 0.15) is 58.4 Å². The molecule has 1 aromatic carbocycles. The molecule has 5 heteroatoms. The van der Waals surface area contributed by atoms with E-state index in [1.807, 2.05) is 38.1 Å². The van der Waals surface area contributed by atoms with Crippen molar-refractivity contribution in [3.8, 4) is 0 Å². The molecule has 0 radical (unpaired) electrons. The normalized spacial score (nSPS) is 24.3. The Morgan fingerprint density at radius 2 is 1.96 bits per heavy atom. The van der Waals surface area contributed by atoms with Crippen molar-refractivity contribution in [2.75, 3.05) is 6.61 Å². The third-order valence-corrected chi connectivity index (χ3v) is 6.30. The number of allylic oxidation sites excluding steroid dienone is 2. The van der Waals surface area contributed by atoms with Crippen LogP contribution < -0.4 is 0 Å². The lowest BCUT2D eigenvalue weighted by molar-refractivity contribution is -0.146. The maximum atomic E-state index is 13.2. The molecule has 1 heterocycles. The topological polar surface area (TPSA) is 55.7 Å². The highest BCUT2D eigenvalue weighted by Crippen LogP contribution is 2.48. The molecule has 1 aliphatic carbocycles. The first kappa shape index (κ1) is 20.2. The number of carbonyl (C=O) groups is 2. The maximum absolute atomic E-state index is 13.2. The second-order valence-electron chi connectivity index (χ2n) is 7.99. The highest BCUT2D eigenvalue weighted by Gasteiger charge is 2.46. The number of hydrogen-bond acceptors (Lipinski definition) is 4. The van der Waals surface area contributed by atoms with E-state index < -0.39 is 5.92 Å². The van der Waals surface area contributed by atoms with Crippen molar-refractivity contribution in [1.29, 1.82) is 0 Å². The smallest absolute Gasteiger partial charge is 0.315 e. The molecular weight excluding hydrogens is 453 g/mol. The molecule has 1 aliphatic heterocycles. The van der Waals surface area contributed by atoms with Crippen molar-refractivity contribution in [1.82, 2.24) is 0 Å². The lowest BCUT2D eigenvalue weighted by Gasteiger charge is -2.39. The van der Waals surface area contributed by atoms with Gasteiger partial charge in [0.2, 0.25) is 0 Å². The molecule has 0 aromatic heterocycles. The summed E-state index contributed by atoms with van der Waals surface area (Å²) >= 11 is 2.29. The van der Waals surface area contributed by atoms with E-state index in [1.54, 1.807) is 0 Å². The summed E-state index contributed by atoms with van der Waals surface area (Å²) in [5.74, 6) is -1.02. The van der Waals surface area contributed by atoms with Gasteiger partial charge in [-0.2, -0.15) is 0 Å². The number of halogens is 1. The van der Waals surface area contributed by atoms with Gasteiger partial charge in [-0.3, -0.25) is 14.6 Å². The van der Waals surface area contributed by atoms with E-state index in [0.717, 1.165) is 27.0 Å². The molecule has 1 unspecified atom stereocenters. The highest BCUT2D eigenvalue weighted by molar-refractivity contribution is 14.1. The van der Waals surface area contributed by atoms with Gasteiger partial charge in [-0.15, -0.1) is 0 Å². The van der Waals surface area contributed by atoms with Crippen LogP contribution in [-0.4, -0.2) is 24.1 Å². The number of ketones is 1. The maximum Gasteiger partial charge on any atom is 0.315 e. The number of aliphatic imine (C=N–C) groups is 1. The Morgan fingerprint density at radius 1 is 1.26 bits per heavy atom. The van der Waals surface area contributed by atoms with E-state index in [-0.39, 0.29) is 23.1 Å². The molecule has 0 saturated carbocycles. The number of Topliss-reactive ketones (excluding diaryl/α,β-unsaturated/α-hetero) is 1. The first-order valence-electron chi connectivity index (χ1n) is 9.53. The van der Waals surface area contributed by atoms with Crippen LogP contribution in [0.25, 0.3) is 0 Å². The zero-order chi connectivity index (χ0) is 19.8. The third kappa shape index (κ3) is 3.89. The van der Waals surface area contributed by atoms with E-state index in [2.05, 4.69) is 36.4 Å². The molecule has 0 N–H and O–H groups in total. The van der Waals surface area contributed by atoms with Gasteiger partial charge in [-0.1, -0.05) is 39.0 Å². The van der Waals surface area contributed by atoms with Gasteiger partial charge in [0.05, 0.1) is 6.61 Å². The molecule has 0 bridgehead atoms. The zero-order valence-corrected chi connectivity index (χ0v) is 18.5. The highest BCUT2D eigenvalue weighted by atomic mass is 127. The van der Waals surface area contributed by atoms with Gasteiger partial charge < -0.3 is 4.74 Å². The van der Waals surface area contributed by atoms with Crippen LogP contribution in [0.4, 0.5) is 0 Å². The zero-order valence-electron chi connectivity index (χ0n) is 16.3. The fourth-order valence-electron chi connectivity index (χ4n) is 4.22. The van der Waals surface area contributed by atoms with Crippen LogP contribution in [0.5, 0.6) is 0 Å². The minimum absolute atomic E-state index is 0.108. The quantitative estimate of drug-likeness (QED) is 0.448. The second kappa shape index (κ2) is 7.86. The number of ether oxygens (including phenoxy) is 1. The monoisotopic (exact) mass is 479 g/mol. The molecule has 3 rings (SSSR count). The molecule has 4 nitrogen and oxygen atoms in total. The largest absolute Gasteiger partial charge is 0.465 e. The first-order valence-corrected chi connectivity index (χ1v) is 10.6. The minimum Gasteiger partial charge on any atom is -0.465 e. The van der Waals surface area contributed by atoms with Gasteiger partial charge in [0.15, 0.2) is 5.78 Å². The number of esters is 1. The van der Waals surface area contributed by atoms with E-state index in [4.69, 9.17) is 9.73 Å². The van der Waals surface area contributed by atoms with Crippen LogP contribution in [0.3, 0.4) is 0 Å². The number of benzene rings is 1. The van der Waals surface area contributed by atoms with Crippen molar-refractivity contribution in [2.45, 2.75) is 52.9 Å².